The molecule has 0 saturated carbocycles. The Bertz CT molecular complexity index is 2300. The molecular formula is C47H38N4. The lowest BCUT2D eigenvalue weighted by Gasteiger charge is -2.25. The van der Waals surface area contributed by atoms with Gasteiger partial charge in [0.05, 0.1) is 17.4 Å². The molecule has 0 spiro atoms. The zero-order chi connectivity index (χ0) is 34.5. The van der Waals surface area contributed by atoms with Gasteiger partial charge in [0.25, 0.3) is 0 Å². The number of imidazole rings is 1. The summed E-state index contributed by atoms with van der Waals surface area (Å²) < 4.78 is 0. The first-order valence-corrected chi connectivity index (χ1v) is 17.1. The highest BCUT2D eigenvalue weighted by molar-refractivity contribution is 6.07. The summed E-state index contributed by atoms with van der Waals surface area (Å²) in [4.78, 5) is 12.7. The number of aromatic nitrogens is 3. The molecule has 0 bridgehead atoms. The van der Waals surface area contributed by atoms with Crippen molar-refractivity contribution in [2.24, 2.45) is 0 Å². The fourth-order valence-electron chi connectivity index (χ4n) is 5.99. The van der Waals surface area contributed by atoms with Gasteiger partial charge in [-0.25, -0.2) is 4.98 Å². The van der Waals surface area contributed by atoms with Gasteiger partial charge in [0.15, 0.2) is 0 Å². The molecule has 0 aliphatic carbocycles. The smallest absolute Gasteiger partial charge is 0.0931 e. The van der Waals surface area contributed by atoms with E-state index in [1.165, 1.54) is 49.6 Å². The van der Waals surface area contributed by atoms with Crippen LogP contribution in [0.4, 0.5) is 17.1 Å². The summed E-state index contributed by atoms with van der Waals surface area (Å²) in [5.41, 5.74) is 8.04. The molecule has 2 aromatic heterocycles. The minimum Gasteiger partial charge on any atom is -0.355 e. The van der Waals surface area contributed by atoms with Gasteiger partial charge in [-0.3, -0.25) is 0 Å². The molecule has 4 nitrogen and oxygen atoms in total. The summed E-state index contributed by atoms with van der Waals surface area (Å²) >= 11 is 0. The van der Waals surface area contributed by atoms with E-state index in [4.69, 9.17) is 0 Å². The molecule has 0 saturated heterocycles. The molecule has 2 heterocycles. The maximum Gasteiger partial charge on any atom is 0.0931 e. The summed E-state index contributed by atoms with van der Waals surface area (Å²) in [6.45, 7) is 0. The van der Waals surface area contributed by atoms with Gasteiger partial charge in [-0.1, -0.05) is 152 Å². The number of benzene rings is 8. The summed E-state index contributed by atoms with van der Waals surface area (Å²) in [6.07, 6.45) is 1.70. The van der Waals surface area contributed by atoms with Crippen molar-refractivity contribution in [3.8, 4) is 0 Å². The molecule has 10 rings (SSSR count). The maximum atomic E-state index is 4.06. The Labute approximate surface area is 298 Å². The molecule has 246 valence electrons. The molecule has 0 aliphatic heterocycles. The number of aromatic amines is 2. The average molecular weight is 659 g/mol. The van der Waals surface area contributed by atoms with Gasteiger partial charge in [-0.05, 0) is 71.4 Å². The second-order valence-electron chi connectivity index (χ2n) is 11.8. The quantitative estimate of drug-likeness (QED) is 0.198. The van der Waals surface area contributed by atoms with E-state index in [1.54, 1.807) is 6.33 Å². The highest BCUT2D eigenvalue weighted by Crippen LogP contribution is 2.33. The number of rotatable bonds is 3. The predicted octanol–water partition coefficient (Wildman–Crippen LogP) is 12.9. The van der Waals surface area contributed by atoms with E-state index >= 15 is 0 Å². The standard InChI is InChI=1S/C18H15N.C12H9N.C10H8.C7H6N2/c1-4-10-16(11-5-1)19(17-12-6-2-7-13-17)18-14-8-3-9-15-18;1-3-7-11-9(5-1)10-6-2-4-8-12(10)13-11;1-2-6-10-8-4-3-7-9(10)5-1;1-2-4-7-6(3-1)8-5-9-7/h1-15H;1-8,13H;1-8H;1-5H,(H,8,9). The van der Waals surface area contributed by atoms with Crippen molar-refractivity contribution in [2.75, 3.05) is 4.90 Å². The number of anilines is 3. The van der Waals surface area contributed by atoms with Crippen molar-refractivity contribution in [2.45, 2.75) is 0 Å². The normalized spacial score (nSPS) is 10.4. The van der Waals surface area contributed by atoms with Crippen LogP contribution in [0.2, 0.25) is 0 Å². The van der Waals surface area contributed by atoms with E-state index in [9.17, 15) is 0 Å². The molecule has 0 atom stereocenters. The van der Waals surface area contributed by atoms with Crippen molar-refractivity contribution in [1.29, 1.82) is 0 Å². The van der Waals surface area contributed by atoms with Crippen molar-refractivity contribution >= 4 is 60.7 Å². The highest BCUT2D eigenvalue weighted by Gasteiger charge is 2.10. The van der Waals surface area contributed by atoms with Crippen LogP contribution in [-0.4, -0.2) is 15.0 Å². The Morgan fingerprint density at radius 1 is 0.333 bits per heavy atom. The van der Waals surface area contributed by atoms with Crippen LogP contribution in [0.1, 0.15) is 0 Å². The second-order valence-corrected chi connectivity index (χ2v) is 11.8. The number of fused-ring (bicyclic) bond motifs is 5. The van der Waals surface area contributed by atoms with E-state index in [0.29, 0.717) is 0 Å². The lowest BCUT2D eigenvalue weighted by molar-refractivity contribution is 1.28. The third kappa shape index (κ3) is 8.22. The largest absolute Gasteiger partial charge is 0.355 e. The van der Waals surface area contributed by atoms with Gasteiger partial charge in [0, 0.05) is 38.9 Å². The Balaban J connectivity index is 0.000000111. The minimum atomic E-state index is 1.03. The van der Waals surface area contributed by atoms with Gasteiger partial charge >= 0.3 is 0 Å². The molecule has 0 aliphatic rings. The second kappa shape index (κ2) is 16.5. The average Bonchev–Trinajstić information content (AvgIpc) is 3.85. The number of hydrogen-bond donors (Lipinski definition) is 2. The zero-order valence-electron chi connectivity index (χ0n) is 28.2. The molecule has 51 heavy (non-hydrogen) atoms. The molecule has 0 amide bonds. The minimum absolute atomic E-state index is 1.03. The fraction of sp³-hybridized carbons (Fsp3) is 0. The van der Waals surface area contributed by atoms with Crippen LogP contribution >= 0.6 is 0 Å². The first-order chi connectivity index (χ1) is 25.3. The van der Waals surface area contributed by atoms with E-state index in [2.05, 4.69) is 190 Å². The van der Waals surface area contributed by atoms with Crippen LogP contribution in [0.25, 0.3) is 43.6 Å². The van der Waals surface area contributed by atoms with E-state index in [0.717, 1.165) is 11.0 Å². The number of nitrogens with zero attached hydrogens (tertiary/aromatic N) is 2. The summed E-state index contributed by atoms with van der Waals surface area (Å²) in [7, 11) is 0. The number of para-hydroxylation sites is 7. The Morgan fingerprint density at radius 3 is 1.12 bits per heavy atom. The molecule has 4 heteroatoms. The first-order valence-electron chi connectivity index (χ1n) is 17.1. The van der Waals surface area contributed by atoms with Gasteiger partial charge in [-0.15, -0.1) is 0 Å². The lowest BCUT2D eigenvalue weighted by atomic mass is 10.1. The Morgan fingerprint density at radius 2 is 0.686 bits per heavy atom. The number of H-pyrrole nitrogens is 2. The van der Waals surface area contributed by atoms with Crippen LogP contribution in [-0.2, 0) is 0 Å². The van der Waals surface area contributed by atoms with Crippen LogP contribution < -0.4 is 4.90 Å². The molecule has 8 aromatic carbocycles. The molecule has 0 unspecified atom stereocenters. The fourth-order valence-corrected chi connectivity index (χ4v) is 5.99. The van der Waals surface area contributed by atoms with Crippen molar-refractivity contribution in [3.05, 3.63) is 219 Å². The van der Waals surface area contributed by atoms with Crippen LogP contribution in [0.5, 0.6) is 0 Å². The maximum absolute atomic E-state index is 4.06. The molecule has 10 aromatic rings. The molecular weight excluding hydrogens is 621 g/mol. The summed E-state index contributed by atoms with van der Waals surface area (Å²) in [6, 6.07) is 72.7. The topological polar surface area (TPSA) is 47.7 Å². The van der Waals surface area contributed by atoms with E-state index in [1.807, 2.05) is 42.5 Å². The third-order valence-electron chi connectivity index (χ3n) is 8.44. The van der Waals surface area contributed by atoms with Gasteiger partial charge in [-0.2, -0.15) is 0 Å². The lowest BCUT2D eigenvalue weighted by Crippen LogP contribution is -2.09. The first kappa shape index (κ1) is 32.6. The van der Waals surface area contributed by atoms with E-state index in [-0.39, 0.29) is 0 Å². The van der Waals surface area contributed by atoms with Gasteiger partial charge in [0.1, 0.15) is 0 Å². The van der Waals surface area contributed by atoms with Crippen LogP contribution in [0, 0.1) is 0 Å². The number of hydrogen-bond acceptors (Lipinski definition) is 2. The van der Waals surface area contributed by atoms with Gasteiger partial charge < -0.3 is 14.9 Å². The third-order valence-corrected chi connectivity index (χ3v) is 8.44. The van der Waals surface area contributed by atoms with Crippen molar-refractivity contribution < 1.29 is 0 Å². The van der Waals surface area contributed by atoms with Crippen molar-refractivity contribution in [3.63, 3.8) is 0 Å². The Hall–Kier alpha value is -6.91. The summed E-state index contributed by atoms with van der Waals surface area (Å²) in [5.74, 6) is 0. The predicted molar refractivity (Wildman–Crippen MR) is 217 cm³/mol. The van der Waals surface area contributed by atoms with Crippen LogP contribution in [0.15, 0.2) is 219 Å². The van der Waals surface area contributed by atoms with Crippen molar-refractivity contribution in [1.82, 2.24) is 15.0 Å². The SMILES string of the molecule is c1ccc(N(c2ccccc2)c2ccccc2)cc1.c1ccc2[nH]cnc2c1.c1ccc2c(c1)[nH]c1ccccc12.c1ccc2ccccc2c1. The Kier molecular flexibility index (Phi) is 10.5. The van der Waals surface area contributed by atoms with Crippen LogP contribution in [0.3, 0.4) is 0 Å². The molecule has 0 radical (unpaired) electrons. The highest BCUT2D eigenvalue weighted by atomic mass is 15.1. The molecule has 2 N–H and O–H groups in total. The molecule has 0 fully saturated rings. The monoisotopic (exact) mass is 658 g/mol. The zero-order valence-corrected chi connectivity index (χ0v) is 28.2. The number of nitrogens with one attached hydrogen (secondary N) is 2. The van der Waals surface area contributed by atoms with Gasteiger partial charge in [0.2, 0.25) is 0 Å². The van der Waals surface area contributed by atoms with E-state index < -0.39 is 0 Å². The summed E-state index contributed by atoms with van der Waals surface area (Å²) in [5, 5.41) is 5.23.